The van der Waals surface area contributed by atoms with Crippen molar-refractivity contribution in [3.05, 3.63) is 29.3 Å². The minimum absolute atomic E-state index is 0.00259. The van der Waals surface area contributed by atoms with E-state index in [1.54, 1.807) is 52.8 Å². The molecule has 0 saturated heterocycles. The van der Waals surface area contributed by atoms with Gasteiger partial charge in [-0.05, 0) is 65.0 Å². The van der Waals surface area contributed by atoms with E-state index in [2.05, 4.69) is 10.6 Å². The molecule has 1 aromatic rings. The molecule has 0 aliphatic carbocycles. The molecule has 0 aromatic heterocycles. The predicted molar refractivity (Wildman–Crippen MR) is 153 cm³/mol. The van der Waals surface area contributed by atoms with Gasteiger partial charge in [0, 0.05) is 18.7 Å². The molecule has 0 aliphatic heterocycles. The number of hydrogen-bond donors (Lipinski definition) is 3. The van der Waals surface area contributed by atoms with E-state index in [0.717, 1.165) is 6.42 Å². The molecule has 3 amide bonds. The fourth-order valence-corrected chi connectivity index (χ4v) is 4.28. The number of alkyl carbamates (subject to hydrolysis) is 1. The summed E-state index contributed by atoms with van der Waals surface area (Å²) in [5.41, 5.74) is 0.0489. The van der Waals surface area contributed by atoms with Crippen molar-refractivity contribution >= 4 is 35.6 Å². The molecule has 39 heavy (non-hydrogen) atoms. The Morgan fingerprint density at radius 2 is 1.85 bits per heavy atom. The van der Waals surface area contributed by atoms with Crippen molar-refractivity contribution in [2.75, 3.05) is 31.7 Å². The van der Waals surface area contributed by atoms with Gasteiger partial charge in [0.2, 0.25) is 11.8 Å². The monoisotopic (exact) mass is 567 g/mol. The van der Waals surface area contributed by atoms with Crippen LogP contribution in [-0.2, 0) is 23.9 Å². The molecule has 0 aliphatic rings. The molecule has 0 spiro atoms. The highest BCUT2D eigenvalue weighted by molar-refractivity contribution is 7.98. The molecular weight excluding hydrogens is 522 g/mol. The molecule has 0 radical (unpaired) electrons. The average molecular weight is 568 g/mol. The summed E-state index contributed by atoms with van der Waals surface area (Å²) < 4.78 is 10.3. The van der Waals surface area contributed by atoms with Crippen LogP contribution in [0.15, 0.2) is 18.2 Å². The number of unbranched alkanes of at least 4 members (excludes halogenated alkanes) is 1. The van der Waals surface area contributed by atoms with E-state index >= 15 is 0 Å². The Hall–Kier alpha value is -2.95. The number of esters is 1. The van der Waals surface area contributed by atoms with E-state index < -0.39 is 41.6 Å². The zero-order valence-electron chi connectivity index (χ0n) is 24.3. The number of rotatable bonds is 15. The summed E-state index contributed by atoms with van der Waals surface area (Å²) in [6, 6.07) is 2.87. The van der Waals surface area contributed by atoms with Crippen molar-refractivity contribution in [3.63, 3.8) is 0 Å². The highest BCUT2D eigenvalue weighted by Gasteiger charge is 2.37. The van der Waals surface area contributed by atoms with Crippen LogP contribution in [0.25, 0.3) is 0 Å². The van der Waals surface area contributed by atoms with Crippen molar-refractivity contribution in [1.82, 2.24) is 15.5 Å². The molecule has 0 saturated carbocycles. The summed E-state index contributed by atoms with van der Waals surface area (Å²) in [7, 11) is 0. The van der Waals surface area contributed by atoms with Crippen LogP contribution in [0.5, 0.6) is 5.75 Å². The number of phenols is 1. The quantitative estimate of drug-likeness (QED) is 0.270. The Balaban J connectivity index is 3.46. The van der Waals surface area contributed by atoms with Gasteiger partial charge in [0.25, 0.3) is 0 Å². The largest absolute Gasteiger partial charge is 0.507 e. The van der Waals surface area contributed by atoms with Gasteiger partial charge in [-0.15, -0.1) is 0 Å². The van der Waals surface area contributed by atoms with Crippen LogP contribution >= 0.6 is 11.8 Å². The first kappa shape index (κ1) is 34.1. The third kappa shape index (κ3) is 11.8. The number of carbonyl (C=O) groups is 4. The number of ether oxygens (including phenoxy) is 2. The third-order valence-electron chi connectivity index (χ3n) is 5.69. The molecule has 11 heteroatoms. The number of hydrogen-bond acceptors (Lipinski definition) is 8. The van der Waals surface area contributed by atoms with E-state index in [-0.39, 0.29) is 37.4 Å². The summed E-state index contributed by atoms with van der Waals surface area (Å²) in [6.45, 7) is 11.0. The second-order valence-electron chi connectivity index (χ2n) is 10.1. The van der Waals surface area contributed by atoms with Crippen molar-refractivity contribution < 1.29 is 33.8 Å². The fraction of sp³-hybridized carbons (Fsp3) is 0.643. The Morgan fingerprint density at radius 1 is 1.15 bits per heavy atom. The lowest BCUT2D eigenvalue weighted by Gasteiger charge is -2.35. The number of amides is 3. The van der Waals surface area contributed by atoms with Gasteiger partial charge in [0.1, 0.15) is 23.4 Å². The van der Waals surface area contributed by atoms with E-state index in [1.165, 1.54) is 16.7 Å². The lowest BCUT2D eigenvalue weighted by Crippen LogP contribution is -2.53. The summed E-state index contributed by atoms with van der Waals surface area (Å²) in [5, 5.41) is 16.3. The topological polar surface area (TPSA) is 134 Å². The van der Waals surface area contributed by atoms with Crippen LogP contribution in [0.4, 0.5) is 4.79 Å². The second kappa shape index (κ2) is 16.9. The van der Waals surface area contributed by atoms with Crippen LogP contribution < -0.4 is 10.6 Å². The predicted octanol–water partition coefficient (Wildman–Crippen LogP) is 4.09. The summed E-state index contributed by atoms with van der Waals surface area (Å²) >= 11 is 1.52. The maximum absolute atomic E-state index is 14.0. The Bertz CT molecular complexity index is 965. The zero-order valence-corrected chi connectivity index (χ0v) is 25.1. The highest BCUT2D eigenvalue weighted by atomic mass is 32.2. The first-order valence-corrected chi connectivity index (χ1v) is 14.8. The standard InChI is InChI=1S/C28H45N3O7S/c1-8-10-17-31(26(35)21(15-18-39-7)30-27(36)38-28(4,5)6)23(20-13-11-12-19(3)24(20)33)25(34)29-16-14-22(32)37-9-2/h11-13,21,23,33H,8-10,14-18H2,1-7H3,(H,29,34)(H,30,36). The highest BCUT2D eigenvalue weighted by Crippen LogP contribution is 2.32. The number of phenolic OH excluding ortho intramolecular Hbond substituents is 1. The fourth-order valence-electron chi connectivity index (χ4n) is 3.81. The maximum atomic E-state index is 14.0. The molecule has 220 valence electrons. The van der Waals surface area contributed by atoms with Gasteiger partial charge in [-0.1, -0.05) is 31.5 Å². The Labute approximate surface area is 236 Å². The summed E-state index contributed by atoms with van der Waals surface area (Å²) in [5.74, 6) is -0.983. The molecule has 10 nitrogen and oxygen atoms in total. The van der Waals surface area contributed by atoms with Crippen LogP contribution in [0.3, 0.4) is 0 Å². The number of carbonyl (C=O) groups excluding carboxylic acids is 4. The molecule has 3 N–H and O–H groups in total. The van der Waals surface area contributed by atoms with Crippen molar-refractivity contribution in [2.24, 2.45) is 0 Å². The molecule has 1 aromatic carbocycles. The van der Waals surface area contributed by atoms with Crippen molar-refractivity contribution in [3.8, 4) is 5.75 Å². The van der Waals surface area contributed by atoms with E-state index in [9.17, 15) is 24.3 Å². The average Bonchev–Trinajstić information content (AvgIpc) is 2.85. The van der Waals surface area contributed by atoms with Crippen LogP contribution in [0, 0.1) is 6.92 Å². The van der Waals surface area contributed by atoms with Gasteiger partial charge in [-0.25, -0.2) is 4.79 Å². The molecule has 1 rings (SSSR count). The Morgan fingerprint density at radius 3 is 2.44 bits per heavy atom. The molecular formula is C28H45N3O7S. The number of thioether (sulfide) groups is 1. The van der Waals surface area contributed by atoms with Crippen molar-refractivity contribution in [2.45, 2.75) is 84.9 Å². The minimum atomic E-state index is -1.19. The summed E-state index contributed by atoms with van der Waals surface area (Å²) in [4.78, 5) is 53.5. The maximum Gasteiger partial charge on any atom is 0.408 e. The summed E-state index contributed by atoms with van der Waals surface area (Å²) in [6.07, 6.45) is 2.78. The van der Waals surface area contributed by atoms with Gasteiger partial charge in [-0.3, -0.25) is 14.4 Å². The molecule has 0 fully saturated rings. The first-order valence-electron chi connectivity index (χ1n) is 13.4. The number of nitrogens with zero attached hydrogens (tertiary/aromatic N) is 1. The molecule has 0 bridgehead atoms. The van der Waals surface area contributed by atoms with Gasteiger partial charge in [-0.2, -0.15) is 11.8 Å². The Kier molecular flexibility index (Phi) is 14.8. The van der Waals surface area contributed by atoms with Gasteiger partial charge >= 0.3 is 12.1 Å². The minimum Gasteiger partial charge on any atom is -0.507 e. The first-order chi connectivity index (χ1) is 18.4. The van der Waals surface area contributed by atoms with Crippen LogP contribution in [-0.4, -0.2) is 77.2 Å². The van der Waals surface area contributed by atoms with E-state index in [4.69, 9.17) is 9.47 Å². The normalized spacial score (nSPS) is 12.7. The van der Waals surface area contributed by atoms with Gasteiger partial charge in [0.05, 0.1) is 13.0 Å². The number of benzene rings is 1. The number of aryl methyl sites for hydroxylation is 1. The van der Waals surface area contributed by atoms with Gasteiger partial charge < -0.3 is 30.1 Å². The second-order valence-corrected chi connectivity index (χ2v) is 11.1. The van der Waals surface area contributed by atoms with Crippen LogP contribution in [0.2, 0.25) is 0 Å². The third-order valence-corrected chi connectivity index (χ3v) is 6.34. The number of para-hydroxylation sites is 1. The lowest BCUT2D eigenvalue weighted by atomic mass is 9.98. The smallest absolute Gasteiger partial charge is 0.408 e. The molecule has 2 atom stereocenters. The zero-order chi connectivity index (χ0) is 29.6. The lowest BCUT2D eigenvalue weighted by molar-refractivity contribution is -0.144. The molecule has 2 unspecified atom stereocenters. The number of aromatic hydroxyl groups is 1. The van der Waals surface area contributed by atoms with Crippen LogP contribution in [0.1, 0.15) is 77.5 Å². The van der Waals surface area contributed by atoms with E-state index in [0.29, 0.717) is 24.2 Å². The van der Waals surface area contributed by atoms with Crippen molar-refractivity contribution in [1.29, 1.82) is 0 Å². The van der Waals surface area contributed by atoms with Gasteiger partial charge in [0.15, 0.2) is 0 Å². The molecule has 0 heterocycles. The SMILES string of the molecule is CCCCN(C(=O)C(CCSC)NC(=O)OC(C)(C)C)C(C(=O)NCCC(=O)OCC)c1cccc(C)c1O. The van der Waals surface area contributed by atoms with E-state index in [1.807, 2.05) is 13.2 Å². The number of nitrogens with one attached hydrogen (secondary N) is 2.